The summed E-state index contributed by atoms with van der Waals surface area (Å²) in [5.74, 6) is 0.0155. The van der Waals surface area contributed by atoms with Crippen LogP contribution in [0.1, 0.15) is 32.6 Å². The topological polar surface area (TPSA) is 71.0 Å². The van der Waals surface area contributed by atoms with E-state index >= 15 is 0 Å². The summed E-state index contributed by atoms with van der Waals surface area (Å²) in [5, 5.41) is 2.76. The zero-order valence-corrected chi connectivity index (χ0v) is 15.1. The molecular weight excluding hydrogens is 337 g/mol. The molecule has 1 saturated carbocycles. The number of halogens is 1. The average molecular weight is 361 g/mol. The summed E-state index contributed by atoms with van der Waals surface area (Å²) in [4.78, 5) is 31.6. The molecule has 1 spiro atoms. The summed E-state index contributed by atoms with van der Waals surface area (Å²) in [6, 6.07) is 5.85. The summed E-state index contributed by atoms with van der Waals surface area (Å²) in [6.07, 6.45) is 2.27. The van der Waals surface area contributed by atoms with Crippen molar-refractivity contribution in [3.8, 4) is 0 Å². The Kier molecular flexibility index (Phi) is 5.36. The lowest BCUT2D eigenvalue weighted by molar-refractivity contribution is -0.134. The molecule has 1 aliphatic heterocycles. The number of anilines is 1. The molecule has 1 heterocycles. The van der Waals surface area contributed by atoms with E-state index in [1.165, 1.54) is 12.1 Å². The number of nitrogens with one attached hydrogen (secondary N) is 1. The summed E-state index contributed by atoms with van der Waals surface area (Å²) in [6.45, 7) is 2.80. The van der Waals surface area contributed by atoms with Crippen molar-refractivity contribution < 1.29 is 18.7 Å². The smallest absolute Gasteiger partial charge is 0.255 e. The molecule has 0 radical (unpaired) electrons. The Morgan fingerprint density at radius 3 is 2.81 bits per heavy atom. The summed E-state index contributed by atoms with van der Waals surface area (Å²) in [7, 11) is 1.60. The number of aliphatic imine (C=N–C) groups is 1. The van der Waals surface area contributed by atoms with Gasteiger partial charge >= 0.3 is 0 Å². The van der Waals surface area contributed by atoms with Crippen molar-refractivity contribution in [2.24, 2.45) is 10.9 Å². The maximum atomic E-state index is 13.2. The van der Waals surface area contributed by atoms with Crippen LogP contribution >= 0.6 is 0 Å². The van der Waals surface area contributed by atoms with E-state index in [9.17, 15) is 14.0 Å². The predicted octanol–water partition coefficient (Wildman–Crippen LogP) is 2.60. The normalized spacial score (nSPS) is 25.5. The quantitative estimate of drug-likeness (QED) is 0.876. The van der Waals surface area contributed by atoms with Crippen molar-refractivity contribution in [2.45, 2.75) is 38.1 Å². The predicted molar refractivity (Wildman–Crippen MR) is 96.4 cm³/mol. The number of benzene rings is 1. The third-order valence-corrected chi connectivity index (χ3v) is 5.20. The fourth-order valence-corrected chi connectivity index (χ4v) is 3.76. The highest BCUT2D eigenvalue weighted by Crippen LogP contribution is 2.40. The van der Waals surface area contributed by atoms with Gasteiger partial charge in [0, 0.05) is 18.7 Å². The van der Waals surface area contributed by atoms with Crippen LogP contribution in [0.4, 0.5) is 10.1 Å². The van der Waals surface area contributed by atoms with Gasteiger partial charge in [-0.05, 0) is 50.8 Å². The molecule has 0 unspecified atom stereocenters. The number of rotatable bonds is 5. The minimum atomic E-state index is -0.729. The Hall–Kier alpha value is -2.28. The Labute approximate surface area is 152 Å². The lowest BCUT2D eigenvalue weighted by Crippen LogP contribution is -2.46. The van der Waals surface area contributed by atoms with Crippen LogP contribution in [-0.2, 0) is 14.3 Å². The van der Waals surface area contributed by atoms with Gasteiger partial charge in [0.2, 0.25) is 5.91 Å². The van der Waals surface area contributed by atoms with Gasteiger partial charge in [-0.1, -0.05) is 6.07 Å². The van der Waals surface area contributed by atoms with Gasteiger partial charge in [-0.25, -0.2) is 4.39 Å². The molecule has 1 N–H and O–H groups in total. The number of amides is 2. The highest BCUT2D eigenvalue weighted by Gasteiger charge is 2.49. The van der Waals surface area contributed by atoms with Gasteiger partial charge in [-0.15, -0.1) is 0 Å². The van der Waals surface area contributed by atoms with E-state index in [1.807, 2.05) is 6.92 Å². The molecule has 0 saturated heterocycles. The highest BCUT2D eigenvalue weighted by atomic mass is 19.1. The molecule has 0 aromatic heterocycles. The van der Waals surface area contributed by atoms with Crippen LogP contribution in [-0.4, -0.2) is 48.4 Å². The van der Waals surface area contributed by atoms with Crippen molar-refractivity contribution in [3.05, 3.63) is 30.1 Å². The second kappa shape index (κ2) is 7.53. The Morgan fingerprint density at radius 2 is 2.15 bits per heavy atom. The fraction of sp³-hybridized carbons (Fsp3) is 0.526. The van der Waals surface area contributed by atoms with E-state index in [-0.39, 0.29) is 23.5 Å². The third kappa shape index (κ3) is 3.62. The van der Waals surface area contributed by atoms with Crippen LogP contribution in [0.3, 0.4) is 0 Å². The standard InChI is InChI=1S/C19H24FN3O3/c1-13-22-19(18(25)23(13)10-11-26-2)8-6-14(7-9-19)17(24)21-16-5-3-4-15(20)12-16/h3-5,12,14H,6-11H2,1-2H3,(H,21,24). The highest BCUT2D eigenvalue weighted by molar-refractivity contribution is 6.07. The molecule has 2 aliphatic rings. The molecule has 2 amide bonds. The van der Waals surface area contributed by atoms with Crippen molar-refractivity contribution in [1.82, 2.24) is 4.90 Å². The Morgan fingerprint density at radius 1 is 1.42 bits per heavy atom. The first-order valence-corrected chi connectivity index (χ1v) is 8.89. The molecule has 6 nitrogen and oxygen atoms in total. The molecule has 0 bridgehead atoms. The molecule has 3 rings (SSSR count). The third-order valence-electron chi connectivity index (χ3n) is 5.20. The molecule has 140 valence electrons. The number of carbonyl (C=O) groups excluding carboxylic acids is 2. The number of carbonyl (C=O) groups is 2. The van der Waals surface area contributed by atoms with Crippen LogP contribution in [0.15, 0.2) is 29.3 Å². The molecule has 7 heteroatoms. The zero-order valence-electron chi connectivity index (χ0n) is 15.1. The van der Waals surface area contributed by atoms with Gasteiger partial charge in [0.1, 0.15) is 17.2 Å². The molecule has 1 aromatic rings. The van der Waals surface area contributed by atoms with Crippen LogP contribution in [0, 0.1) is 11.7 Å². The number of hydrogen-bond acceptors (Lipinski definition) is 4. The van der Waals surface area contributed by atoms with Crippen molar-refractivity contribution in [2.75, 3.05) is 25.6 Å². The number of ether oxygens (including phenoxy) is 1. The minimum absolute atomic E-state index is 0.0102. The summed E-state index contributed by atoms with van der Waals surface area (Å²) >= 11 is 0. The van der Waals surface area contributed by atoms with Gasteiger partial charge in [0.25, 0.3) is 5.91 Å². The van der Waals surface area contributed by atoms with Gasteiger partial charge in [0.05, 0.1) is 13.2 Å². The molecular formula is C19H24FN3O3. The van der Waals surface area contributed by atoms with Crippen molar-refractivity contribution in [3.63, 3.8) is 0 Å². The van der Waals surface area contributed by atoms with Crippen LogP contribution in [0.5, 0.6) is 0 Å². The average Bonchev–Trinajstić information content (AvgIpc) is 2.84. The Bertz CT molecular complexity index is 726. The lowest BCUT2D eigenvalue weighted by Gasteiger charge is -2.33. The van der Waals surface area contributed by atoms with E-state index < -0.39 is 5.54 Å². The maximum Gasteiger partial charge on any atom is 0.255 e. The second-order valence-corrected chi connectivity index (χ2v) is 6.91. The SMILES string of the molecule is COCCN1C(=O)C2(CCC(C(=O)Nc3cccc(F)c3)CC2)N=C1C. The molecule has 1 aromatic carbocycles. The monoisotopic (exact) mass is 361 g/mol. The number of amidine groups is 1. The Balaban J connectivity index is 1.60. The first-order valence-electron chi connectivity index (χ1n) is 8.89. The van der Waals surface area contributed by atoms with E-state index in [4.69, 9.17) is 4.74 Å². The van der Waals surface area contributed by atoms with Gasteiger partial charge < -0.3 is 10.1 Å². The number of methoxy groups -OCH3 is 1. The number of nitrogens with zero attached hydrogens (tertiary/aromatic N) is 2. The van der Waals surface area contributed by atoms with Crippen LogP contribution < -0.4 is 5.32 Å². The van der Waals surface area contributed by atoms with Crippen LogP contribution in [0.25, 0.3) is 0 Å². The van der Waals surface area contributed by atoms with Crippen molar-refractivity contribution in [1.29, 1.82) is 0 Å². The van der Waals surface area contributed by atoms with Crippen LogP contribution in [0.2, 0.25) is 0 Å². The van der Waals surface area contributed by atoms with Gasteiger partial charge in [0.15, 0.2) is 0 Å². The second-order valence-electron chi connectivity index (χ2n) is 6.91. The van der Waals surface area contributed by atoms with Crippen molar-refractivity contribution >= 4 is 23.3 Å². The molecule has 0 atom stereocenters. The number of hydrogen-bond donors (Lipinski definition) is 1. The van der Waals surface area contributed by atoms with E-state index in [2.05, 4.69) is 10.3 Å². The largest absolute Gasteiger partial charge is 0.383 e. The van der Waals surface area contributed by atoms with E-state index in [0.717, 1.165) is 5.84 Å². The van der Waals surface area contributed by atoms with Gasteiger partial charge in [-0.2, -0.15) is 0 Å². The van der Waals surface area contributed by atoms with E-state index in [1.54, 1.807) is 24.1 Å². The first-order chi connectivity index (χ1) is 12.4. The molecule has 1 aliphatic carbocycles. The molecule has 26 heavy (non-hydrogen) atoms. The first kappa shape index (κ1) is 18.5. The van der Waals surface area contributed by atoms with E-state index in [0.29, 0.717) is 44.5 Å². The van der Waals surface area contributed by atoms with Gasteiger partial charge in [-0.3, -0.25) is 19.5 Å². The lowest BCUT2D eigenvalue weighted by atomic mass is 9.76. The zero-order chi connectivity index (χ0) is 18.7. The fourth-order valence-electron chi connectivity index (χ4n) is 3.76. The maximum absolute atomic E-state index is 13.2. The minimum Gasteiger partial charge on any atom is -0.383 e. The molecule has 1 fully saturated rings. The summed E-state index contributed by atoms with van der Waals surface area (Å²) < 4.78 is 18.3. The summed E-state index contributed by atoms with van der Waals surface area (Å²) in [5.41, 5.74) is -0.278.